The number of para-hydroxylation sites is 2. The van der Waals surface area contributed by atoms with Crippen LogP contribution < -0.4 is 11.0 Å². The van der Waals surface area contributed by atoms with E-state index < -0.39 is 5.97 Å². The van der Waals surface area contributed by atoms with Gasteiger partial charge in [0.15, 0.2) is 0 Å². The minimum atomic E-state index is -0.514. The SMILES string of the molecule is CCc1ccccc1N=Cc1c(C)[nH]n(-c2ccc(C(=O)ONc3ccccc3CC)cc2)c1=O. The number of aromatic amines is 1. The molecule has 0 saturated carbocycles. The highest BCUT2D eigenvalue weighted by Gasteiger charge is 2.13. The predicted octanol–water partition coefficient (Wildman–Crippen LogP) is 5.53. The fraction of sp³-hybridized carbons (Fsp3) is 0.179. The molecule has 4 aromatic rings. The Balaban J connectivity index is 1.50. The van der Waals surface area contributed by atoms with Gasteiger partial charge in [-0.1, -0.05) is 50.2 Å². The van der Waals surface area contributed by atoms with Crippen molar-refractivity contribution in [2.45, 2.75) is 33.6 Å². The van der Waals surface area contributed by atoms with Crippen LogP contribution in [-0.2, 0) is 17.7 Å². The van der Waals surface area contributed by atoms with Crippen LogP contribution in [0.5, 0.6) is 0 Å². The number of anilines is 1. The summed E-state index contributed by atoms with van der Waals surface area (Å²) in [7, 11) is 0. The summed E-state index contributed by atoms with van der Waals surface area (Å²) in [6, 6.07) is 22.2. The van der Waals surface area contributed by atoms with Crippen molar-refractivity contribution in [3.63, 3.8) is 0 Å². The number of H-pyrrole nitrogens is 1. The summed E-state index contributed by atoms with van der Waals surface area (Å²) >= 11 is 0. The molecule has 0 unspecified atom stereocenters. The molecule has 0 atom stereocenters. The number of rotatable bonds is 8. The molecule has 178 valence electrons. The molecular weight excluding hydrogens is 440 g/mol. The number of carbonyl (C=O) groups is 1. The second kappa shape index (κ2) is 10.7. The van der Waals surface area contributed by atoms with Crippen molar-refractivity contribution in [2.24, 2.45) is 4.99 Å². The molecule has 0 amide bonds. The van der Waals surface area contributed by atoms with E-state index in [0.717, 1.165) is 35.3 Å². The lowest BCUT2D eigenvalue weighted by Gasteiger charge is -2.10. The second-order valence-corrected chi connectivity index (χ2v) is 8.08. The van der Waals surface area contributed by atoms with Crippen LogP contribution in [-0.4, -0.2) is 22.0 Å². The Bertz CT molecular complexity index is 1410. The van der Waals surface area contributed by atoms with Crippen LogP contribution in [0, 0.1) is 6.92 Å². The van der Waals surface area contributed by atoms with Crippen molar-refractivity contribution >= 4 is 23.6 Å². The van der Waals surface area contributed by atoms with E-state index in [4.69, 9.17) is 4.84 Å². The van der Waals surface area contributed by atoms with Crippen LogP contribution in [0.2, 0.25) is 0 Å². The Hall–Kier alpha value is -4.39. The standard InChI is InChI=1S/C28H28N4O3/c1-4-20-10-6-8-12-25(20)29-18-24-19(3)30-32(27(24)33)23-16-14-22(15-17-23)28(34)35-31-26-13-9-7-11-21(26)5-2/h6-18,30-31H,4-5H2,1-3H3. The van der Waals surface area contributed by atoms with Gasteiger partial charge in [0.1, 0.15) is 0 Å². The van der Waals surface area contributed by atoms with Gasteiger partial charge in [-0.2, -0.15) is 0 Å². The molecule has 3 aromatic carbocycles. The molecule has 2 N–H and O–H groups in total. The van der Waals surface area contributed by atoms with E-state index in [1.807, 2.05) is 62.4 Å². The average Bonchev–Trinajstić information content (AvgIpc) is 3.19. The van der Waals surface area contributed by atoms with Crippen LogP contribution in [0.3, 0.4) is 0 Å². The molecular formula is C28H28N4O3. The summed E-state index contributed by atoms with van der Waals surface area (Å²) in [4.78, 5) is 35.3. The van der Waals surface area contributed by atoms with Crippen molar-refractivity contribution in [1.82, 2.24) is 9.78 Å². The van der Waals surface area contributed by atoms with Gasteiger partial charge in [-0.15, -0.1) is 0 Å². The molecule has 0 aliphatic rings. The lowest BCUT2D eigenvalue weighted by Crippen LogP contribution is -2.17. The minimum Gasteiger partial charge on any atom is -0.338 e. The minimum absolute atomic E-state index is 0.214. The van der Waals surface area contributed by atoms with Crippen molar-refractivity contribution < 1.29 is 9.63 Å². The zero-order valence-corrected chi connectivity index (χ0v) is 20.0. The highest BCUT2D eigenvalue weighted by molar-refractivity contribution is 5.90. The van der Waals surface area contributed by atoms with Gasteiger partial charge < -0.3 is 4.84 Å². The smallest absolute Gasteiger partial charge is 0.338 e. The molecule has 4 rings (SSSR count). The molecule has 0 fully saturated rings. The molecule has 0 spiro atoms. The van der Waals surface area contributed by atoms with E-state index in [9.17, 15) is 9.59 Å². The van der Waals surface area contributed by atoms with E-state index in [-0.39, 0.29) is 5.56 Å². The Morgan fingerprint density at radius 1 is 0.971 bits per heavy atom. The molecule has 0 aliphatic heterocycles. The summed E-state index contributed by atoms with van der Waals surface area (Å²) in [6.07, 6.45) is 3.28. The first-order valence-corrected chi connectivity index (χ1v) is 11.6. The van der Waals surface area contributed by atoms with Crippen molar-refractivity contribution in [3.05, 3.63) is 111 Å². The number of aryl methyl sites for hydroxylation is 3. The second-order valence-electron chi connectivity index (χ2n) is 8.08. The number of hydrogen-bond donors (Lipinski definition) is 2. The summed E-state index contributed by atoms with van der Waals surface area (Å²) in [5, 5.41) is 3.09. The monoisotopic (exact) mass is 468 g/mol. The van der Waals surface area contributed by atoms with E-state index in [0.29, 0.717) is 22.5 Å². The summed E-state index contributed by atoms with van der Waals surface area (Å²) < 4.78 is 1.44. The maximum Gasteiger partial charge on any atom is 0.362 e. The zero-order chi connectivity index (χ0) is 24.8. The molecule has 0 saturated heterocycles. The maximum atomic E-state index is 13.0. The first-order valence-electron chi connectivity index (χ1n) is 11.6. The van der Waals surface area contributed by atoms with Crippen molar-refractivity contribution in [2.75, 3.05) is 5.48 Å². The Labute approximate surface area is 204 Å². The molecule has 7 heteroatoms. The highest BCUT2D eigenvalue weighted by Crippen LogP contribution is 2.19. The fourth-order valence-corrected chi connectivity index (χ4v) is 3.80. The van der Waals surface area contributed by atoms with Crippen LogP contribution in [0.1, 0.15) is 46.6 Å². The zero-order valence-electron chi connectivity index (χ0n) is 20.0. The number of nitrogens with one attached hydrogen (secondary N) is 2. The van der Waals surface area contributed by atoms with E-state index in [2.05, 4.69) is 22.5 Å². The quantitative estimate of drug-likeness (QED) is 0.263. The Kier molecular flexibility index (Phi) is 7.26. The van der Waals surface area contributed by atoms with Gasteiger partial charge in [-0.3, -0.25) is 14.9 Å². The Morgan fingerprint density at radius 3 is 2.34 bits per heavy atom. The average molecular weight is 469 g/mol. The number of hydrogen-bond acceptors (Lipinski definition) is 5. The van der Waals surface area contributed by atoms with Crippen LogP contribution in [0.4, 0.5) is 11.4 Å². The summed E-state index contributed by atoms with van der Waals surface area (Å²) in [5.74, 6) is -0.514. The van der Waals surface area contributed by atoms with Crippen molar-refractivity contribution in [1.29, 1.82) is 0 Å². The number of aromatic nitrogens is 2. The molecule has 0 radical (unpaired) electrons. The molecule has 35 heavy (non-hydrogen) atoms. The number of nitrogens with zero attached hydrogens (tertiary/aromatic N) is 2. The van der Waals surface area contributed by atoms with Gasteiger partial charge in [-0.25, -0.2) is 15.0 Å². The predicted molar refractivity (Wildman–Crippen MR) is 139 cm³/mol. The van der Waals surface area contributed by atoms with Crippen LogP contribution in [0.15, 0.2) is 82.6 Å². The number of aliphatic imine (C=N–C) groups is 1. The molecule has 1 heterocycles. The summed E-state index contributed by atoms with van der Waals surface area (Å²) in [5.41, 5.74) is 8.45. The third-order valence-electron chi connectivity index (χ3n) is 5.84. The van der Waals surface area contributed by atoms with Gasteiger partial charge in [0.2, 0.25) is 0 Å². The normalized spacial score (nSPS) is 11.1. The fourth-order valence-electron chi connectivity index (χ4n) is 3.80. The third-order valence-corrected chi connectivity index (χ3v) is 5.84. The van der Waals surface area contributed by atoms with E-state index >= 15 is 0 Å². The van der Waals surface area contributed by atoms with Crippen LogP contribution >= 0.6 is 0 Å². The van der Waals surface area contributed by atoms with Gasteiger partial charge in [0, 0.05) is 11.9 Å². The molecule has 0 aliphatic carbocycles. The number of benzene rings is 3. The number of carbonyl (C=O) groups excluding carboxylic acids is 1. The Morgan fingerprint density at radius 2 is 1.63 bits per heavy atom. The molecule has 7 nitrogen and oxygen atoms in total. The van der Waals surface area contributed by atoms with Gasteiger partial charge in [0.25, 0.3) is 5.56 Å². The first-order chi connectivity index (χ1) is 17.0. The third kappa shape index (κ3) is 5.24. The molecule has 1 aromatic heterocycles. The lowest BCUT2D eigenvalue weighted by atomic mass is 10.1. The van der Waals surface area contributed by atoms with Gasteiger partial charge in [-0.05, 0) is 67.3 Å². The lowest BCUT2D eigenvalue weighted by molar-refractivity contribution is 0.0596. The van der Waals surface area contributed by atoms with Gasteiger partial charge in [0.05, 0.1) is 28.2 Å². The maximum absolute atomic E-state index is 13.0. The summed E-state index contributed by atoms with van der Waals surface area (Å²) in [6.45, 7) is 5.94. The van der Waals surface area contributed by atoms with Gasteiger partial charge >= 0.3 is 5.97 Å². The largest absolute Gasteiger partial charge is 0.362 e. The van der Waals surface area contributed by atoms with E-state index in [1.54, 1.807) is 30.5 Å². The first kappa shape index (κ1) is 23.8. The van der Waals surface area contributed by atoms with Crippen LogP contribution in [0.25, 0.3) is 5.69 Å². The highest BCUT2D eigenvalue weighted by atomic mass is 16.7. The van der Waals surface area contributed by atoms with Crippen molar-refractivity contribution in [3.8, 4) is 5.69 Å². The van der Waals surface area contributed by atoms with E-state index in [1.165, 1.54) is 4.68 Å². The molecule has 0 bridgehead atoms. The topological polar surface area (TPSA) is 88.5 Å².